The van der Waals surface area contributed by atoms with Crippen LogP contribution in [0.25, 0.3) is 0 Å². The molecule has 2 aromatic carbocycles. The molecule has 0 amide bonds. The molecule has 2 aromatic rings. The number of benzene rings is 2. The SMILES string of the molecule is CC(C)c1ccccc1S(=O)(=O)NC1CCN(S(=O)(=O)c2cccc(C(=O)O)c2)CC1. The number of hydrogen-bond donors (Lipinski definition) is 2. The number of sulfonamides is 2. The van der Waals surface area contributed by atoms with Crippen LogP contribution in [0.5, 0.6) is 0 Å². The standard InChI is InChI=1S/C21H26N2O6S2/c1-15(2)19-8-3-4-9-20(19)30(26,27)22-17-10-12-23(13-11-17)31(28,29)18-7-5-6-16(14-18)21(24)25/h3-9,14-15,17,22H,10-13H2,1-2H3,(H,24,25). The molecule has 8 nitrogen and oxygen atoms in total. The molecule has 0 spiro atoms. The smallest absolute Gasteiger partial charge is 0.335 e. The van der Waals surface area contributed by atoms with Crippen LogP contribution in [0.3, 0.4) is 0 Å². The average molecular weight is 467 g/mol. The minimum absolute atomic E-state index is 0.0429. The second-order valence-corrected chi connectivity index (χ2v) is 11.4. The maximum absolute atomic E-state index is 12.9. The molecule has 0 unspecified atom stereocenters. The molecule has 31 heavy (non-hydrogen) atoms. The minimum atomic E-state index is -3.86. The first-order valence-corrected chi connectivity index (χ1v) is 12.9. The first-order valence-electron chi connectivity index (χ1n) is 9.97. The van der Waals surface area contributed by atoms with Crippen molar-refractivity contribution in [1.82, 2.24) is 9.03 Å². The quantitative estimate of drug-likeness (QED) is 0.647. The highest BCUT2D eigenvalue weighted by atomic mass is 32.2. The van der Waals surface area contributed by atoms with E-state index in [0.29, 0.717) is 12.8 Å². The highest BCUT2D eigenvalue weighted by molar-refractivity contribution is 7.89. The Kier molecular flexibility index (Phi) is 6.85. The van der Waals surface area contributed by atoms with Crippen LogP contribution in [-0.2, 0) is 20.0 Å². The van der Waals surface area contributed by atoms with Crippen molar-refractivity contribution in [3.8, 4) is 0 Å². The van der Waals surface area contributed by atoms with Crippen molar-refractivity contribution >= 4 is 26.0 Å². The monoisotopic (exact) mass is 466 g/mol. The van der Waals surface area contributed by atoms with Crippen molar-refractivity contribution in [2.45, 2.75) is 48.4 Å². The molecule has 1 aliphatic heterocycles. The molecule has 10 heteroatoms. The lowest BCUT2D eigenvalue weighted by Crippen LogP contribution is -2.46. The molecule has 168 valence electrons. The highest BCUT2D eigenvalue weighted by Crippen LogP contribution is 2.26. The van der Waals surface area contributed by atoms with Gasteiger partial charge in [0.05, 0.1) is 15.4 Å². The van der Waals surface area contributed by atoms with Crippen molar-refractivity contribution in [1.29, 1.82) is 0 Å². The second-order valence-electron chi connectivity index (χ2n) is 7.83. The van der Waals surface area contributed by atoms with Crippen LogP contribution in [0.2, 0.25) is 0 Å². The van der Waals surface area contributed by atoms with Gasteiger partial charge < -0.3 is 5.11 Å². The topological polar surface area (TPSA) is 121 Å². The molecule has 2 N–H and O–H groups in total. The minimum Gasteiger partial charge on any atom is -0.478 e. The van der Waals surface area contributed by atoms with Gasteiger partial charge in [0.2, 0.25) is 20.0 Å². The van der Waals surface area contributed by atoms with E-state index in [0.717, 1.165) is 11.6 Å². The van der Waals surface area contributed by atoms with Gasteiger partial charge in [-0.25, -0.2) is 26.4 Å². The lowest BCUT2D eigenvalue weighted by atomic mass is 10.0. The molecule has 1 fully saturated rings. The molecule has 0 aliphatic carbocycles. The van der Waals surface area contributed by atoms with Crippen LogP contribution < -0.4 is 4.72 Å². The Balaban J connectivity index is 1.71. The van der Waals surface area contributed by atoms with Crippen molar-refractivity contribution in [2.24, 2.45) is 0 Å². The van der Waals surface area contributed by atoms with Crippen molar-refractivity contribution in [3.05, 3.63) is 59.7 Å². The lowest BCUT2D eigenvalue weighted by Gasteiger charge is -2.31. The summed E-state index contributed by atoms with van der Waals surface area (Å²) in [6.07, 6.45) is 0.641. The average Bonchev–Trinajstić information content (AvgIpc) is 2.74. The normalized spacial score (nSPS) is 16.5. The van der Waals surface area contributed by atoms with Gasteiger partial charge in [-0.2, -0.15) is 4.31 Å². The van der Waals surface area contributed by atoms with Crippen molar-refractivity contribution in [2.75, 3.05) is 13.1 Å². The maximum Gasteiger partial charge on any atom is 0.335 e. The van der Waals surface area contributed by atoms with Crippen LogP contribution in [0.15, 0.2) is 58.3 Å². The fourth-order valence-electron chi connectivity index (χ4n) is 3.64. The van der Waals surface area contributed by atoms with Crippen LogP contribution in [0, 0.1) is 0 Å². The third-order valence-corrected chi connectivity index (χ3v) is 8.81. The number of aromatic carboxylic acids is 1. The van der Waals surface area contributed by atoms with E-state index in [4.69, 9.17) is 5.11 Å². The van der Waals surface area contributed by atoms with Crippen molar-refractivity contribution < 1.29 is 26.7 Å². The zero-order chi connectivity index (χ0) is 22.8. The van der Waals surface area contributed by atoms with E-state index >= 15 is 0 Å². The summed E-state index contributed by atoms with van der Waals surface area (Å²) in [5, 5.41) is 9.10. The fraction of sp³-hybridized carbons (Fsp3) is 0.381. The molecule has 0 bridgehead atoms. The molecule has 1 aliphatic rings. The number of carboxylic acids is 1. The van der Waals surface area contributed by atoms with E-state index in [1.54, 1.807) is 24.3 Å². The van der Waals surface area contributed by atoms with Gasteiger partial charge in [0, 0.05) is 19.1 Å². The summed E-state index contributed by atoms with van der Waals surface area (Å²) in [6.45, 7) is 4.13. The van der Waals surface area contributed by atoms with E-state index < -0.39 is 26.0 Å². The Morgan fingerprint density at radius 1 is 1.03 bits per heavy atom. The summed E-state index contributed by atoms with van der Waals surface area (Å²) in [6, 6.07) is 11.7. The summed E-state index contributed by atoms with van der Waals surface area (Å²) < 4.78 is 55.6. The van der Waals surface area contributed by atoms with Crippen LogP contribution in [0.1, 0.15) is 48.5 Å². The predicted octanol–water partition coefficient (Wildman–Crippen LogP) is 2.64. The van der Waals surface area contributed by atoms with Crippen LogP contribution >= 0.6 is 0 Å². The fourth-order valence-corrected chi connectivity index (χ4v) is 6.83. The van der Waals surface area contributed by atoms with Crippen molar-refractivity contribution in [3.63, 3.8) is 0 Å². The molecule has 0 saturated carbocycles. The Labute approximate surface area is 183 Å². The number of carboxylic acid groups (broad SMARTS) is 1. The third-order valence-electron chi connectivity index (χ3n) is 5.33. The molecule has 1 saturated heterocycles. The lowest BCUT2D eigenvalue weighted by molar-refractivity contribution is 0.0696. The summed E-state index contributed by atoms with van der Waals surface area (Å²) in [4.78, 5) is 11.3. The van der Waals surface area contributed by atoms with Gasteiger partial charge in [-0.05, 0) is 48.6 Å². The first-order chi connectivity index (χ1) is 14.5. The van der Waals surface area contributed by atoms with Gasteiger partial charge in [-0.3, -0.25) is 0 Å². The van der Waals surface area contributed by atoms with Gasteiger partial charge in [0.15, 0.2) is 0 Å². The van der Waals surface area contributed by atoms with Crippen LogP contribution in [0.4, 0.5) is 0 Å². The van der Waals surface area contributed by atoms with E-state index in [-0.39, 0.29) is 40.4 Å². The summed E-state index contributed by atoms with van der Waals surface area (Å²) >= 11 is 0. The Hall–Kier alpha value is -2.27. The Morgan fingerprint density at radius 3 is 2.29 bits per heavy atom. The molecule has 1 heterocycles. The predicted molar refractivity (Wildman–Crippen MR) is 116 cm³/mol. The molecule has 3 rings (SSSR count). The van der Waals surface area contributed by atoms with Gasteiger partial charge in [-0.1, -0.05) is 38.1 Å². The number of rotatable bonds is 7. The molecular formula is C21H26N2O6S2. The highest BCUT2D eigenvalue weighted by Gasteiger charge is 2.32. The van der Waals surface area contributed by atoms with Gasteiger partial charge in [-0.15, -0.1) is 0 Å². The van der Waals surface area contributed by atoms with E-state index in [1.165, 1.54) is 22.5 Å². The second kappa shape index (κ2) is 9.07. The van der Waals surface area contributed by atoms with E-state index in [2.05, 4.69) is 4.72 Å². The van der Waals surface area contributed by atoms with Gasteiger partial charge >= 0.3 is 5.97 Å². The van der Waals surface area contributed by atoms with Gasteiger partial charge in [0.25, 0.3) is 0 Å². The third kappa shape index (κ3) is 5.15. The number of carbonyl (C=O) groups is 1. The van der Waals surface area contributed by atoms with Gasteiger partial charge in [0.1, 0.15) is 0 Å². The summed E-state index contributed by atoms with van der Waals surface area (Å²) in [5.41, 5.74) is 0.626. The molecule has 0 aromatic heterocycles. The summed E-state index contributed by atoms with van der Waals surface area (Å²) in [7, 11) is -7.60. The summed E-state index contributed by atoms with van der Waals surface area (Å²) in [5.74, 6) is -1.16. The number of nitrogens with one attached hydrogen (secondary N) is 1. The first kappa shape index (κ1) is 23.4. The number of nitrogens with zero attached hydrogens (tertiary/aromatic N) is 1. The molecule has 0 atom stereocenters. The zero-order valence-corrected chi connectivity index (χ0v) is 19.0. The number of hydrogen-bond acceptors (Lipinski definition) is 5. The van der Waals surface area contributed by atoms with E-state index in [9.17, 15) is 21.6 Å². The molecule has 0 radical (unpaired) electrons. The Morgan fingerprint density at radius 2 is 1.68 bits per heavy atom. The van der Waals surface area contributed by atoms with E-state index in [1.807, 2.05) is 13.8 Å². The Bertz CT molecular complexity index is 1170. The number of piperidine rings is 1. The largest absolute Gasteiger partial charge is 0.478 e. The van der Waals surface area contributed by atoms with Crippen LogP contribution in [-0.4, -0.2) is 51.3 Å². The maximum atomic E-state index is 12.9. The zero-order valence-electron chi connectivity index (χ0n) is 17.4. The molecular weight excluding hydrogens is 440 g/mol.